The van der Waals surface area contributed by atoms with E-state index in [0.29, 0.717) is 22.3 Å². The van der Waals surface area contributed by atoms with Crippen molar-refractivity contribution in [3.63, 3.8) is 0 Å². The van der Waals surface area contributed by atoms with Gasteiger partial charge in [0.25, 0.3) is 5.91 Å². The molecular formula is C15H14N2OS. The summed E-state index contributed by atoms with van der Waals surface area (Å²) in [6.07, 6.45) is 1.77. The van der Waals surface area contributed by atoms with E-state index < -0.39 is 0 Å². The van der Waals surface area contributed by atoms with Gasteiger partial charge in [0, 0.05) is 0 Å². The van der Waals surface area contributed by atoms with Crippen LogP contribution in [-0.4, -0.2) is 16.7 Å². The molecular weight excluding hydrogens is 256 g/mol. The molecule has 2 rings (SSSR count). The minimum Gasteiger partial charge on any atom is -0.272 e. The summed E-state index contributed by atoms with van der Waals surface area (Å²) in [6.45, 7) is 4.28. The van der Waals surface area contributed by atoms with E-state index >= 15 is 0 Å². The third-order valence-corrected chi connectivity index (χ3v) is 3.80. The predicted octanol–water partition coefficient (Wildman–Crippen LogP) is 3.39. The van der Waals surface area contributed by atoms with Crippen molar-refractivity contribution in [3.05, 3.63) is 41.0 Å². The van der Waals surface area contributed by atoms with Crippen LogP contribution in [0, 0.1) is 11.3 Å². The normalized spacial score (nSPS) is 15.6. The molecule has 96 valence electrons. The number of nitriles is 1. The molecule has 1 heterocycles. The predicted molar refractivity (Wildman–Crippen MR) is 79.0 cm³/mol. The largest absolute Gasteiger partial charge is 0.272 e. The fourth-order valence-corrected chi connectivity index (χ4v) is 2.48. The van der Waals surface area contributed by atoms with Crippen molar-refractivity contribution in [2.75, 3.05) is 5.75 Å². The Balaban J connectivity index is 2.26. The van der Waals surface area contributed by atoms with Crippen LogP contribution < -0.4 is 0 Å². The van der Waals surface area contributed by atoms with E-state index in [4.69, 9.17) is 5.26 Å². The molecule has 1 aliphatic heterocycles. The summed E-state index contributed by atoms with van der Waals surface area (Å²) in [5.41, 5.74) is 2.66. The molecule has 0 unspecified atom stereocenters. The van der Waals surface area contributed by atoms with Gasteiger partial charge in [0.2, 0.25) is 0 Å². The summed E-state index contributed by atoms with van der Waals surface area (Å²) in [6, 6.07) is 10.2. The van der Waals surface area contributed by atoms with Gasteiger partial charge >= 0.3 is 0 Å². The summed E-state index contributed by atoms with van der Waals surface area (Å²) in [7, 11) is 0. The van der Waals surface area contributed by atoms with E-state index in [1.807, 2.05) is 12.1 Å². The maximum absolute atomic E-state index is 11.1. The summed E-state index contributed by atoms with van der Waals surface area (Å²) < 4.78 is 0. The van der Waals surface area contributed by atoms with Gasteiger partial charge < -0.3 is 0 Å². The number of nitrogens with zero attached hydrogens (tertiary/aromatic N) is 2. The highest BCUT2D eigenvalue weighted by atomic mass is 32.2. The molecule has 1 aromatic carbocycles. The zero-order valence-electron chi connectivity index (χ0n) is 10.9. The second-order valence-corrected chi connectivity index (χ2v) is 5.55. The lowest BCUT2D eigenvalue weighted by Crippen LogP contribution is -1.93. The molecule has 0 fully saturated rings. The van der Waals surface area contributed by atoms with Crippen LogP contribution >= 0.6 is 11.8 Å². The Kier molecular flexibility index (Phi) is 4.18. The Morgan fingerprint density at radius 3 is 2.58 bits per heavy atom. The number of rotatable bonds is 3. The summed E-state index contributed by atoms with van der Waals surface area (Å²) >= 11 is 1.32. The van der Waals surface area contributed by atoms with Crippen LogP contribution in [0.15, 0.2) is 34.8 Å². The van der Waals surface area contributed by atoms with Crippen LogP contribution in [0.25, 0.3) is 6.08 Å². The standard InChI is InChI=1S/C15H14N2OS/c1-10(2)12-5-3-11(4-6-12)7-13(8-16)15-17-14(18)9-19-15/h3-7,10H,9H2,1-2H3/b13-7+. The van der Waals surface area contributed by atoms with E-state index in [0.717, 1.165) is 5.56 Å². The second kappa shape index (κ2) is 5.85. The first-order valence-electron chi connectivity index (χ1n) is 6.06. The molecule has 3 nitrogen and oxygen atoms in total. The quantitative estimate of drug-likeness (QED) is 0.791. The van der Waals surface area contributed by atoms with Gasteiger partial charge in [-0.15, -0.1) is 0 Å². The van der Waals surface area contributed by atoms with Crippen molar-refractivity contribution in [1.29, 1.82) is 5.26 Å². The van der Waals surface area contributed by atoms with E-state index in [9.17, 15) is 4.79 Å². The molecule has 4 heteroatoms. The number of aliphatic imine (C=N–C) groups is 1. The number of hydrogen-bond acceptors (Lipinski definition) is 3. The lowest BCUT2D eigenvalue weighted by atomic mass is 10.0. The average Bonchev–Trinajstić information content (AvgIpc) is 2.83. The number of carbonyl (C=O) groups excluding carboxylic acids is 1. The van der Waals surface area contributed by atoms with Gasteiger partial charge in [-0.25, -0.2) is 4.99 Å². The van der Waals surface area contributed by atoms with E-state index in [-0.39, 0.29) is 5.91 Å². The van der Waals surface area contributed by atoms with Crippen molar-refractivity contribution >= 4 is 28.8 Å². The highest BCUT2D eigenvalue weighted by Gasteiger charge is 2.18. The molecule has 1 aliphatic rings. The zero-order chi connectivity index (χ0) is 13.8. The van der Waals surface area contributed by atoms with Crippen LogP contribution in [0.2, 0.25) is 0 Å². The Morgan fingerprint density at radius 2 is 2.11 bits per heavy atom. The third kappa shape index (κ3) is 3.33. The van der Waals surface area contributed by atoms with Gasteiger partial charge in [-0.05, 0) is 23.1 Å². The van der Waals surface area contributed by atoms with Crippen LogP contribution in [-0.2, 0) is 4.79 Å². The number of amides is 1. The maximum atomic E-state index is 11.1. The highest BCUT2D eigenvalue weighted by molar-refractivity contribution is 8.15. The second-order valence-electron chi connectivity index (χ2n) is 4.59. The smallest absolute Gasteiger partial charge is 0.257 e. The lowest BCUT2D eigenvalue weighted by molar-refractivity contribution is -0.115. The fraction of sp³-hybridized carbons (Fsp3) is 0.267. The van der Waals surface area contributed by atoms with E-state index in [2.05, 4.69) is 37.0 Å². The topological polar surface area (TPSA) is 53.2 Å². The Hall–Kier alpha value is -1.86. The average molecular weight is 270 g/mol. The van der Waals surface area contributed by atoms with Crippen molar-refractivity contribution in [1.82, 2.24) is 0 Å². The van der Waals surface area contributed by atoms with Gasteiger partial charge in [-0.1, -0.05) is 49.9 Å². The molecule has 0 aliphatic carbocycles. The first kappa shape index (κ1) is 13.6. The van der Waals surface area contributed by atoms with Crippen molar-refractivity contribution in [2.45, 2.75) is 19.8 Å². The maximum Gasteiger partial charge on any atom is 0.257 e. The first-order valence-corrected chi connectivity index (χ1v) is 7.05. The SMILES string of the molecule is CC(C)c1ccc(/C=C(\C#N)C2=NC(=O)CS2)cc1. The Bertz CT molecular complexity index is 592. The number of thioether (sulfide) groups is 1. The zero-order valence-corrected chi connectivity index (χ0v) is 11.7. The minimum atomic E-state index is -0.170. The molecule has 0 aromatic heterocycles. The van der Waals surface area contributed by atoms with Gasteiger partial charge in [0.15, 0.2) is 0 Å². The molecule has 0 atom stereocenters. The van der Waals surface area contributed by atoms with Crippen molar-refractivity contribution < 1.29 is 4.79 Å². The van der Waals surface area contributed by atoms with Crippen LogP contribution in [0.1, 0.15) is 30.9 Å². The van der Waals surface area contributed by atoms with E-state index in [1.165, 1.54) is 17.3 Å². The molecule has 0 bridgehead atoms. The van der Waals surface area contributed by atoms with E-state index in [1.54, 1.807) is 6.08 Å². The van der Waals surface area contributed by atoms with Gasteiger partial charge in [-0.3, -0.25) is 4.79 Å². The fourth-order valence-electron chi connectivity index (χ4n) is 1.73. The molecule has 0 saturated carbocycles. The molecule has 0 radical (unpaired) electrons. The monoisotopic (exact) mass is 270 g/mol. The molecule has 0 saturated heterocycles. The van der Waals surface area contributed by atoms with Crippen molar-refractivity contribution in [2.24, 2.45) is 4.99 Å². The summed E-state index contributed by atoms with van der Waals surface area (Å²) in [5.74, 6) is 0.651. The van der Waals surface area contributed by atoms with Crippen LogP contribution in [0.3, 0.4) is 0 Å². The molecule has 0 spiro atoms. The van der Waals surface area contributed by atoms with Gasteiger partial charge in [0.1, 0.15) is 11.1 Å². The minimum absolute atomic E-state index is 0.170. The molecule has 1 amide bonds. The molecule has 19 heavy (non-hydrogen) atoms. The number of carbonyl (C=O) groups is 1. The molecule has 0 N–H and O–H groups in total. The van der Waals surface area contributed by atoms with Crippen molar-refractivity contribution in [3.8, 4) is 6.07 Å². The molecule has 1 aromatic rings. The Morgan fingerprint density at radius 1 is 1.42 bits per heavy atom. The van der Waals surface area contributed by atoms with Crippen LogP contribution in [0.4, 0.5) is 0 Å². The summed E-state index contributed by atoms with van der Waals surface area (Å²) in [5, 5.41) is 9.68. The summed E-state index contributed by atoms with van der Waals surface area (Å²) in [4.78, 5) is 15.0. The Labute approximate surface area is 117 Å². The highest BCUT2D eigenvalue weighted by Crippen LogP contribution is 2.22. The number of hydrogen-bond donors (Lipinski definition) is 0. The number of benzene rings is 1. The first-order chi connectivity index (χ1) is 9.10. The third-order valence-electron chi connectivity index (χ3n) is 2.82. The lowest BCUT2D eigenvalue weighted by Gasteiger charge is -2.05. The van der Waals surface area contributed by atoms with Gasteiger partial charge in [0.05, 0.1) is 11.3 Å². The van der Waals surface area contributed by atoms with Crippen LogP contribution in [0.5, 0.6) is 0 Å². The van der Waals surface area contributed by atoms with Gasteiger partial charge in [-0.2, -0.15) is 5.26 Å².